The summed E-state index contributed by atoms with van der Waals surface area (Å²) in [4.78, 5) is 24.0. The summed E-state index contributed by atoms with van der Waals surface area (Å²) in [7, 11) is 0. The van der Waals surface area contributed by atoms with E-state index in [-0.39, 0.29) is 12.0 Å². The number of benzene rings is 1. The van der Waals surface area contributed by atoms with Crippen molar-refractivity contribution in [2.24, 2.45) is 0 Å². The van der Waals surface area contributed by atoms with Crippen LogP contribution < -0.4 is 0 Å². The fraction of sp³-hybridized carbons (Fsp3) is 0.286. The van der Waals surface area contributed by atoms with Gasteiger partial charge in [-0.25, -0.2) is 4.98 Å². The van der Waals surface area contributed by atoms with Crippen LogP contribution in [0.2, 0.25) is 0 Å². The largest absolute Gasteiger partial charge is 0.377 e. The molecule has 0 saturated carbocycles. The van der Waals surface area contributed by atoms with E-state index in [1.165, 1.54) is 0 Å². The van der Waals surface area contributed by atoms with Gasteiger partial charge in [-0.15, -0.1) is 0 Å². The number of amides is 1. The van der Waals surface area contributed by atoms with Crippen LogP contribution >= 0.6 is 0 Å². The first kappa shape index (κ1) is 16.7. The topological polar surface area (TPSA) is 55.3 Å². The van der Waals surface area contributed by atoms with Gasteiger partial charge in [-0.1, -0.05) is 18.2 Å². The zero-order valence-corrected chi connectivity index (χ0v) is 14.8. The van der Waals surface area contributed by atoms with Crippen LogP contribution in [0.3, 0.4) is 0 Å². The zero-order chi connectivity index (χ0) is 17.9. The minimum Gasteiger partial charge on any atom is -0.377 e. The van der Waals surface area contributed by atoms with Gasteiger partial charge < -0.3 is 9.64 Å². The van der Waals surface area contributed by atoms with Crippen LogP contribution in [0.25, 0.3) is 22.2 Å². The molecule has 1 fully saturated rings. The summed E-state index contributed by atoms with van der Waals surface area (Å²) in [5.74, 6) is 0.0382. The van der Waals surface area contributed by atoms with Gasteiger partial charge in [0.25, 0.3) is 5.91 Å². The SMILES string of the molecule is C[C@H]1CN(C(=O)c2cc(-c3ccncc3)nc3ccccc23)CCCO1. The summed E-state index contributed by atoms with van der Waals surface area (Å²) in [6.45, 7) is 4.04. The average molecular weight is 347 g/mol. The fourth-order valence-corrected chi connectivity index (χ4v) is 3.37. The molecule has 0 N–H and O–H groups in total. The van der Waals surface area contributed by atoms with Gasteiger partial charge in [0, 0.05) is 43.0 Å². The molecule has 0 radical (unpaired) electrons. The summed E-state index contributed by atoms with van der Waals surface area (Å²) in [5.41, 5.74) is 3.25. The predicted molar refractivity (Wildman–Crippen MR) is 101 cm³/mol. The number of rotatable bonds is 2. The molecule has 5 nitrogen and oxygen atoms in total. The molecule has 1 aromatic carbocycles. The number of hydrogen-bond donors (Lipinski definition) is 0. The lowest BCUT2D eigenvalue weighted by Crippen LogP contribution is -2.36. The molecule has 1 aliphatic heterocycles. The van der Waals surface area contributed by atoms with Crippen molar-refractivity contribution in [1.82, 2.24) is 14.9 Å². The minimum absolute atomic E-state index is 0.0382. The second-order valence-electron chi connectivity index (χ2n) is 6.59. The van der Waals surface area contributed by atoms with E-state index in [1.807, 2.05) is 54.3 Å². The van der Waals surface area contributed by atoms with Crippen LogP contribution in [0.5, 0.6) is 0 Å². The van der Waals surface area contributed by atoms with E-state index >= 15 is 0 Å². The monoisotopic (exact) mass is 347 g/mol. The third-order valence-corrected chi connectivity index (χ3v) is 4.66. The van der Waals surface area contributed by atoms with Crippen LogP contribution in [0.1, 0.15) is 23.7 Å². The normalized spacial score (nSPS) is 17.9. The van der Waals surface area contributed by atoms with Crippen molar-refractivity contribution in [3.8, 4) is 11.3 Å². The van der Waals surface area contributed by atoms with Gasteiger partial charge in [0.15, 0.2) is 0 Å². The Kier molecular flexibility index (Phi) is 4.63. The Balaban J connectivity index is 1.81. The average Bonchev–Trinajstić information content (AvgIpc) is 2.91. The molecule has 4 rings (SSSR count). The van der Waals surface area contributed by atoms with Crippen LogP contribution in [-0.2, 0) is 4.74 Å². The molecule has 0 unspecified atom stereocenters. The zero-order valence-electron chi connectivity index (χ0n) is 14.8. The van der Waals surface area contributed by atoms with Gasteiger partial charge in [-0.05, 0) is 37.6 Å². The maximum atomic E-state index is 13.3. The van der Waals surface area contributed by atoms with Gasteiger partial charge in [0.05, 0.1) is 22.9 Å². The van der Waals surface area contributed by atoms with Gasteiger partial charge in [0.2, 0.25) is 0 Å². The Morgan fingerprint density at radius 3 is 2.85 bits per heavy atom. The first-order valence-corrected chi connectivity index (χ1v) is 8.93. The summed E-state index contributed by atoms with van der Waals surface area (Å²) in [6, 6.07) is 13.5. The van der Waals surface area contributed by atoms with Crippen molar-refractivity contribution in [2.45, 2.75) is 19.4 Å². The highest BCUT2D eigenvalue weighted by atomic mass is 16.5. The van der Waals surface area contributed by atoms with Crippen molar-refractivity contribution < 1.29 is 9.53 Å². The Bertz CT molecular complexity index is 927. The molecule has 1 saturated heterocycles. The van der Waals surface area contributed by atoms with Crippen LogP contribution in [0.15, 0.2) is 54.9 Å². The molecule has 3 aromatic rings. The van der Waals surface area contributed by atoms with Gasteiger partial charge in [-0.2, -0.15) is 0 Å². The maximum Gasteiger partial charge on any atom is 0.254 e. The van der Waals surface area contributed by atoms with E-state index < -0.39 is 0 Å². The Morgan fingerprint density at radius 1 is 1.19 bits per heavy atom. The van der Waals surface area contributed by atoms with E-state index in [4.69, 9.17) is 9.72 Å². The number of ether oxygens (including phenoxy) is 1. The van der Waals surface area contributed by atoms with Crippen molar-refractivity contribution in [3.05, 3.63) is 60.4 Å². The van der Waals surface area contributed by atoms with Gasteiger partial charge >= 0.3 is 0 Å². The molecule has 3 heterocycles. The molecule has 0 aliphatic carbocycles. The second-order valence-corrected chi connectivity index (χ2v) is 6.59. The standard InChI is InChI=1S/C21H21N3O2/c1-15-14-24(11-4-12-26-15)21(25)18-13-20(16-7-9-22-10-8-16)23-19-6-3-2-5-17(18)19/h2-3,5-10,13,15H,4,11-12,14H2,1H3/t15-/m0/s1. The van der Waals surface area contributed by atoms with E-state index in [1.54, 1.807) is 12.4 Å². The molecular weight excluding hydrogens is 326 g/mol. The number of para-hydroxylation sites is 1. The Labute approximate surface area is 152 Å². The molecule has 0 spiro atoms. The number of hydrogen-bond acceptors (Lipinski definition) is 4. The number of nitrogens with zero attached hydrogens (tertiary/aromatic N) is 3. The lowest BCUT2D eigenvalue weighted by Gasteiger charge is -2.23. The molecule has 1 atom stereocenters. The third kappa shape index (κ3) is 3.30. The quantitative estimate of drug-likeness (QED) is 0.711. The number of aromatic nitrogens is 2. The van der Waals surface area contributed by atoms with E-state index in [9.17, 15) is 4.79 Å². The smallest absolute Gasteiger partial charge is 0.254 e. The molecule has 5 heteroatoms. The summed E-state index contributed by atoms with van der Waals surface area (Å²) < 4.78 is 5.69. The predicted octanol–water partition coefficient (Wildman–Crippen LogP) is 3.55. The fourth-order valence-electron chi connectivity index (χ4n) is 3.37. The van der Waals surface area contributed by atoms with Crippen LogP contribution in [0.4, 0.5) is 0 Å². The molecule has 1 amide bonds. The van der Waals surface area contributed by atoms with Crippen molar-refractivity contribution >= 4 is 16.8 Å². The number of carbonyl (C=O) groups excluding carboxylic acids is 1. The molecule has 2 aromatic heterocycles. The van der Waals surface area contributed by atoms with Crippen LogP contribution in [-0.4, -0.2) is 46.6 Å². The third-order valence-electron chi connectivity index (χ3n) is 4.66. The minimum atomic E-state index is 0.0382. The van der Waals surface area contributed by atoms with Crippen LogP contribution in [0, 0.1) is 0 Å². The molecule has 132 valence electrons. The maximum absolute atomic E-state index is 13.3. The molecule has 0 bridgehead atoms. The summed E-state index contributed by atoms with van der Waals surface area (Å²) in [5, 5.41) is 0.883. The number of carbonyl (C=O) groups is 1. The highest BCUT2D eigenvalue weighted by molar-refractivity contribution is 6.07. The number of fused-ring (bicyclic) bond motifs is 1. The number of pyridine rings is 2. The first-order valence-electron chi connectivity index (χ1n) is 8.93. The molecule has 1 aliphatic rings. The molecular formula is C21H21N3O2. The highest BCUT2D eigenvalue weighted by Crippen LogP contribution is 2.26. The first-order chi connectivity index (χ1) is 12.7. The summed E-state index contributed by atoms with van der Waals surface area (Å²) >= 11 is 0. The van der Waals surface area contributed by atoms with E-state index in [0.29, 0.717) is 25.3 Å². The van der Waals surface area contributed by atoms with Crippen molar-refractivity contribution in [2.75, 3.05) is 19.7 Å². The Hall–Kier alpha value is -2.79. The Morgan fingerprint density at radius 2 is 2.00 bits per heavy atom. The van der Waals surface area contributed by atoms with Gasteiger partial charge in [-0.3, -0.25) is 9.78 Å². The highest BCUT2D eigenvalue weighted by Gasteiger charge is 2.23. The van der Waals surface area contributed by atoms with Gasteiger partial charge in [0.1, 0.15) is 0 Å². The summed E-state index contributed by atoms with van der Waals surface area (Å²) in [6.07, 6.45) is 4.38. The second kappa shape index (κ2) is 7.22. The van der Waals surface area contributed by atoms with E-state index in [0.717, 1.165) is 28.6 Å². The van der Waals surface area contributed by atoms with Crippen molar-refractivity contribution in [1.29, 1.82) is 0 Å². The van der Waals surface area contributed by atoms with Crippen molar-refractivity contribution in [3.63, 3.8) is 0 Å². The lowest BCUT2D eigenvalue weighted by molar-refractivity contribution is 0.0564. The van der Waals surface area contributed by atoms with E-state index in [2.05, 4.69) is 4.98 Å². The molecule has 26 heavy (non-hydrogen) atoms. The lowest BCUT2D eigenvalue weighted by atomic mass is 10.0.